The highest BCUT2D eigenvalue weighted by molar-refractivity contribution is 6.31. The molecule has 2 aromatic carbocycles. The summed E-state index contributed by atoms with van der Waals surface area (Å²) in [6.45, 7) is 5.27. The van der Waals surface area contributed by atoms with Crippen LogP contribution in [0.5, 0.6) is 11.5 Å². The SMILES string of the molecule is CCc1cc(C)cc(N(C)C(=O)c2cc(Cl)ccc2OC(C)=O)c1OC. The number of aryl methyl sites for hydroxylation is 2. The molecule has 5 nitrogen and oxygen atoms in total. The normalized spacial score (nSPS) is 10.4. The van der Waals surface area contributed by atoms with E-state index < -0.39 is 5.97 Å². The van der Waals surface area contributed by atoms with Gasteiger partial charge in [0.25, 0.3) is 5.91 Å². The molecule has 0 aromatic heterocycles. The van der Waals surface area contributed by atoms with E-state index in [1.807, 2.05) is 26.0 Å². The van der Waals surface area contributed by atoms with Crippen LogP contribution in [-0.4, -0.2) is 26.0 Å². The third-order valence-corrected chi connectivity index (χ3v) is 4.20. The zero-order chi connectivity index (χ0) is 19.4. The Kier molecular flexibility index (Phi) is 6.27. The van der Waals surface area contributed by atoms with Gasteiger partial charge < -0.3 is 14.4 Å². The average Bonchev–Trinajstić information content (AvgIpc) is 2.60. The summed E-state index contributed by atoms with van der Waals surface area (Å²) >= 11 is 6.04. The summed E-state index contributed by atoms with van der Waals surface area (Å²) in [6.07, 6.45) is 0.774. The lowest BCUT2D eigenvalue weighted by Crippen LogP contribution is -2.28. The van der Waals surface area contributed by atoms with Crippen molar-refractivity contribution in [2.24, 2.45) is 0 Å². The molecule has 26 heavy (non-hydrogen) atoms. The molecule has 138 valence electrons. The molecule has 0 saturated carbocycles. The molecule has 2 rings (SSSR count). The van der Waals surface area contributed by atoms with Crippen molar-refractivity contribution < 1.29 is 19.1 Å². The van der Waals surface area contributed by atoms with Gasteiger partial charge in [0.2, 0.25) is 0 Å². The lowest BCUT2D eigenvalue weighted by atomic mass is 10.0. The van der Waals surface area contributed by atoms with Crippen molar-refractivity contribution in [1.82, 2.24) is 0 Å². The minimum atomic E-state index is -0.509. The Morgan fingerprint density at radius 2 is 1.88 bits per heavy atom. The summed E-state index contributed by atoms with van der Waals surface area (Å²) in [5.74, 6) is -0.0498. The molecule has 0 unspecified atom stereocenters. The number of carbonyl (C=O) groups excluding carboxylic acids is 2. The second-order valence-electron chi connectivity index (χ2n) is 5.93. The molecule has 0 radical (unpaired) electrons. The zero-order valence-corrected chi connectivity index (χ0v) is 16.3. The predicted molar refractivity (Wildman–Crippen MR) is 103 cm³/mol. The molecule has 0 bridgehead atoms. The number of carbonyl (C=O) groups is 2. The Hall–Kier alpha value is -2.53. The first-order valence-corrected chi connectivity index (χ1v) is 8.59. The fraction of sp³-hybridized carbons (Fsp3) is 0.300. The first-order valence-electron chi connectivity index (χ1n) is 8.22. The van der Waals surface area contributed by atoms with E-state index in [9.17, 15) is 9.59 Å². The zero-order valence-electron chi connectivity index (χ0n) is 15.6. The van der Waals surface area contributed by atoms with Crippen molar-refractivity contribution in [2.45, 2.75) is 27.2 Å². The van der Waals surface area contributed by atoms with E-state index in [2.05, 4.69) is 0 Å². The molecular weight excluding hydrogens is 354 g/mol. The summed E-state index contributed by atoms with van der Waals surface area (Å²) in [5, 5.41) is 0.378. The number of benzene rings is 2. The van der Waals surface area contributed by atoms with Crippen LogP contribution < -0.4 is 14.4 Å². The van der Waals surface area contributed by atoms with Gasteiger partial charge in [0.15, 0.2) is 0 Å². The summed E-state index contributed by atoms with van der Waals surface area (Å²) in [4.78, 5) is 25.9. The number of esters is 1. The van der Waals surface area contributed by atoms with Crippen LogP contribution in [0, 0.1) is 6.92 Å². The van der Waals surface area contributed by atoms with E-state index in [0.29, 0.717) is 16.5 Å². The molecule has 0 atom stereocenters. The highest BCUT2D eigenvalue weighted by Crippen LogP contribution is 2.35. The molecule has 0 aliphatic carbocycles. The Balaban J connectivity index is 2.53. The van der Waals surface area contributed by atoms with E-state index in [1.54, 1.807) is 20.2 Å². The molecule has 0 saturated heterocycles. The number of rotatable bonds is 5. The van der Waals surface area contributed by atoms with Gasteiger partial charge in [0.1, 0.15) is 11.5 Å². The molecule has 2 aromatic rings. The fourth-order valence-electron chi connectivity index (χ4n) is 2.78. The van der Waals surface area contributed by atoms with Crippen LogP contribution in [0.4, 0.5) is 5.69 Å². The van der Waals surface area contributed by atoms with Crippen molar-refractivity contribution >= 4 is 29.2 Å². The van der Waals surface area contributed by atoms with E-state index in [0.717, 1.165) is 17.5 Å². The number of amides is 1. The monoisotopic (exact) mass is 375 g/mol. The molecule has 6 heteroatoms. The van der Waals surface area contributed by atoms with Crippen molar-refractivity contribution in [3.63, 3.8) is 0 Å². The number of halogens is 1. The summed E-state index contributed by atoms with van der Waals surface area (Å²) in [6, 6.07) is 8.48. The van der Waals surface area contributed by atoms with E-state index in [4.69, 9.17) is 21.1 Å². The maximum atomic E-state index is 13.1. The highest BCUT2D eigenvalue weighted by atomic mass is 35.5. The van der Waals surface area contributed by atoms with Gasteiger partial charge in [-0.05, 0) is 48.7 Å². The van der Waals surface area contributed by atoms with Crippen LogP contribution in [-0.2, 0) is 11.2 Å². The molecule has 0 aliphatic heterocycles. The molecule has 0 N–H and O–H groups in total. The number of hydrogen-bond donors (Lipinski definition) is 0. The summed E-state index contributed by atoms with van der Waals surface area (Å²) < 4.78 is 10.7. The average molecular weight is 376 g/mol. The number of hydrogen-bond acceptors (Lipinski definition) is 4. The first-order chi connectivity index (χ1) is 12.3. The van der Waals surface area contributed by atoms with Gasteiger partial charge in [-0.25, -0.2) is 0 Å². The lowest BCUT2D eigenvalue weighted by molar-refractivity contribution is -0.131. The summed E-state index contributed by atoms with van der Waals surface area (Å²) in [5.41, 5.74) is 2.87. The van der Waals surface area contributed by atoms with Crippen LogP contribution in [0.15, 0.2) is 30.3 Å². The minimum Gasteiger partial charge on any atom is -0.494 e. The van der Waals surface area contributed by atoms with E-state index >= 15 is 0 Å². The van der Waals surface area contributed by atoms with Gasteiger partial charge in [-0.2, -0.15) is 0 Å². The third-order valence-electron chi connectivity index (χ3n) is 3.97. The van der Waals surface area contributed by atoms with Gasteiger partial charge in [0, 0.05) is 19.0 Å². The number of nitrogens with zero attached hydrogens (tertiary/aromatic N) is 1. The Morgan fingerprint density at radius 1 is 1.19 bits per heavy atom. The van der Waals surface area contributed by atoms with Crippen molar-refractivity contribution in [1.29, 1.82) is 0 Å². The van der Waals surface area contributed by atoms with Crippen molar-refractivity contribution in [2.75, 3.05) is 19.1 Å². The maximum Gasteiger partial charge on any atom is 0.308 e. The van der Waals surface area contributed by atoms with Crippen LogP contribution >= 0.6 is 11.6 Å². The van der Waals surface area contributed by atoms with Crippen molar-refractivity contribution in [3.05, 3.63) is 52.0 Å². The number of ether oxygens (including phenoxy) is 2. The summed E-state index contributed by atoms with van der Waals surface area (Å²) in [7, 11) is 3.23. The van der Waals surface area contributed by atoms with Crippen LogP contribution in [0.25, 0.3) is 0 Å². The van der Waals surface area contributed by atoms with Gasteiger partial charge in [-0.3, -0.25) is 9.59 Å². The minimum absolute atomic E-state index is 0.168. The van der Waals surface area contributed by atoms with Gasteiger partial charge in [-0.15, -0.1) is 0 Å². The van der Waals surface area contributed by atoms with E-state index in [-0.39, 0.29) is 17.2 Å². The van der Waals surface area contributed by atoms with Crippen molar-refractivity contribution in [3.8, 4) is 11.5 Å². The second-order valence-corrected chi connectivity index (χ2v) is 6.36. The molecule has 1 amide bonds. The molecule has 0 spiro atoms. The number of anilines is 1. The largest absolute Gasteiger partial charge is 0.494 e. The van der Waals surface area contributed by atoms with Crippen LogP contribution in [0.3, 0.4) is 0 Å². The van der Waals surface area contributed by atoms with Crippen LogP contribution in [0.2, 0.25) is 5.02 Å². The maximum absolute atomic E-state index is 13.1. The molecular formula is C20H22ClNO4. The smallest absolute Gasteiger partial charge is 0.308 e. The standard InChI is InChI=1S/C20H22ClNO4/c1-6-14-9-12(2)10-17(19(14)25-5)22(4)20(24)16-11-15(21)7-8-18(16)26-13(3)23/h7-11H,6H2,1-5H3. The third kappa shape index (κ3) is 4.17. The predicted octanol–water partition coefficient (Wildman–Crippen LogP) is 4.42. The molecule has 0 fully saturated rings. The molecule has 0 aliphatic rings. The van der Waals surface area contributed by atoms with Gasteiger partial charge >= 0.3 is 5.97 Å². The Bertz CT molecular complexity index is 848. The quantitative estimate of drug-likeness (QED) is 0.573. The Morgan fingerprint density at radius 3 is 2.46 bits per heavy atom. The Labute approximate surface area is 158 Å². The fourth-order valence-corrected chi connectivity index (χ4v) is 2.95. The topological polar surface area (TPSA) is 55.8 Å². The second kappa shape index (κ2) is 8.23. The highest BCUT2D eigenvalue weighted by Gasteiger charge is 2.23. The lowest BCUT2D eigenvalue weighted by Gasteiger charge is -2.23. The van der Waals surface area contributed by atoms with Crippen LogP contribution in [0.1, 0.15) is 35.3 Å². The number of methoxy groups -OCH3 is 1. The van der Waals surface area contributed by atoms with E-state index in [1.165, 1.54) is 24.0 Å². The first kappa shape index (κ1) is 19.8. The van der Waals surface area contributed by atoms with Gasteiger partial charge in [0.05, 0.1) is 18.4 Å². The molecule has 0 heterocycles. The van der Waals surface area contributed by atoms with Gasteiger partial charge in [-0.1, -0.05) is 24.6 Å².